The second kappa shape index (κ2) is 5.92. The highest BCUT2D eigenvalue weighted by Crippen LogP contribution is 2.26. The average molecular weight is 268 g/mol. The summed E-state index contributed by atoms with van der Waals surface area (Å²) in [5, 5.41) is 6.10. The predicted molar refractivity (Wildman–Crippen MR) is 85.1 cm³/mol. The number of aromatic nitrogens is 1. The van der Waals surface area contributed by atoms with Gasteiger partial charge in [-0.1, -0.05) is 26.0 Å². The third kappa shape index (κ3) is 2.85. The van der Waals surface area contributed by atoms with E-state index in [1.807, 2.05) is 12.4 Å². The maximum absolute atomic E-state index is 4.41. The van der Waals surface area contributed by atoms with E-state index in [0.717, 1.165) is 5.92 Å². The molecule has 20 heavy (non-hydrogen) atoms. The number of piperidine rings is 1. The summed E-state index contributed by atoms with van der Waals surface area (Å²) in [7, 11) is 0. The molecular weight excluding hydrogens is 244 g/mol. The minimum absolute atomic E-state index is 0.529. The number of nitrogens with one attached hydrogen (secondary N) is 1. The van der Waals surface area contributed by atoms with Crippen molar-refractivity contribution >= 4 is 10.8 Å². The first-order valence-electron chi connectivity index (χ1n) is 7.81. The Labute approximate surface area is 121 Å². The van der Waals surface area contributed by atoms with Gasteiger partial charge in [-0.15, -0.1) is 0 Å². The summed E-state index contributed by atoms with van der Waals surface area (Å²) >= 11 is 0. The lowest BCUT2D eigenvalue weighted by Gasteiger charge is -2.22. The van der Waals surface area contributed by atoms with Gasteiger partial charge in [0.1, 0.15) is 0 Å². The monoisotopic (exact) mass is 268 g/mol. The fourth-order valence-corrected chi connectivity index (χ4v) is 3.26. The van der Waals surface area contributed by atoms with Crippen LogP contribution in [-0.4, -0.2) is 18.1 Å². The zero-order valence-corrected chi connectivity index (χ0v) is 12.5. The molecule has 1 aromatic carbocycles. The largest absolute Gasteiger partial charge is 0.317 e. The quantitative estimate of drug-likeness (QED) is 0.913. The van der Waals surface area contributed by atoms with Crippen molar-refractivity contribution in [2.24, 2.45) is 5.92 Å². The Hall–Kier alpha value is -1.41. The van der Waals surface area contributed by atoms with Gasteiger partial charge in [-0.05, 0) is 66.8 Å². The molecule has 0 atom stereocenters. The van der Waals surface area contributed by atoms with E-state index in [-0.39, 0.29) is 0 Å². The number of pyridine rings is 1. The molecule has 1 N–H and O–H groups in total. The van der Waals surface area contributed by atoms with Crippen molar-refractivity contribution in [2.75, 3.05) is 13.1 Å². The van der Waals surface area contributed by atoms with E-state index in [0.29, 0.717) is 5.92 Å². The number of fused-ring (bicyclic) bond motifs is 1. The molecule has 0 aliphatic carbocycles. The maximum atomic E-state index is 4.41. The normalized spacial score (nSPS) is 16.9. The van der Waals surface area contributed by atoms with Gasteiger partial charge >= 0.3 is 0 Å². The van der Waals surface area contributed by atoms with E-state index in [1.165, 1.54) is 54.3 Å². The molecule has 1 aliphatic heterocycles. The van der Waals surface area contributed by atoms with Crippen molar-refractivity contribution in [3.8, 4) is 0 Å². The Kier molecular flexibility index (Phi) is 4.02. The summed E-state index contributed by atoms with van der Waals surface area (Å²) in [5.41, 5.74) is 2.82. The third-order valence-electron chi connectivity index (χ3n) is 4.46. The SMILES string of the molecule is CC(C)c1cncc2cc(CC3CCNCC3)ccc12. The standard InChI is InChI=1S/C18H24N2/c1-13(2)18-12-20-11-16-10-15(3-4-17(16)18)9-14-5-7-19-8-6-14/h3-4,10-14,19H,5-9H2,1-2H3. The molecule has 3 rings (SSSR count). The van der Waals surface area contributed by atoms with E-state index in [4.69, 9.17) is 0 Å². The maximum Gasteiger partial charge on any atom is 0.0346 e. The molecule has 1 aromatic heterocycles. The van der Waals surface area contributed by atoms with E-state index in [9.17, 15) is 0 Å². The molecule has 0 amide bonds. The molecule has 0 bridgehead atoms. The van der Waals surface area contributed by atoms with Crippen molar-refractivity contribution in [3.63, 3.8) is 0 Å². The zero-order chi connectivity index (χ0) is 13.9. The topological polar surface area (TPSA) is 24.9 Å². The van der Waals surface area contributed by atoms with E-state index in [1.54, 1.807) is 0 Å². The van der Waals surface area contributed by atoms with Crippen LogP contribution in [0.5, 0.6) is 0 Å². The van der Waals surface area contributed by atoms with Gasteiger partial charge in [0.05, 0.1) is 0 Å². The lowest BCUT2D eigenvalue weighted by molar-refractivity contribution is 0.373. The Morgan fingerprint density at radius 3 is 2.75 bits per heavy atom. The first kappa shape index (κ1) is 13.6. The highest BCUT2D eigenvalue weighted by molar-refractivity contribution is 5.85. The number of rotatable bonds is 3. The van der Waals surface area contributed by atoms with Gasteiger partial charge in [-0.25, -0.2) is 0 Å². The van der Waals surface area contributed by atoms with Crippen molar-refractivity contribution in [2.45, 2.75) is 39.0 Å². The molecular formula is C18H24N2. The smallest absolute Gasteiger partial charge is 0.0346 e. The Balaban J connectivity index is 1.87. The molecule has 1 fully saturated rings. The third-order valence-corrected chi connectivity index (χ3v) is 4.46. The summed E-state index contributed by atoms with van der Waals surface area (Å²) in [6.45, 7) is 6.83. The molecule has 106 valence electrons. The molecule has 2 aromatic rings. The summed E-state index contributed by atoms with van der Waals surface area (Å²) in [4.78, 5) is 4.41. The first-order chi connectivity index (χ1) is 9.74. The summed E-state index contributed by atoms with van der Waals surface area (Å²) in [6.07, 6.45) is 7.85. The molecule has 2 heterocycles. The van der Waals surface area contributed by atoms with Crippen LogP contribution in [0.1, 0.15) is 43.7 Å². The van der Waals surface area contributed by atoms with Crippen LogP contribution in [0, 0.1) is 5.92 Å². The molecule has 0 radical (unpaired) electrons. The highest BCUT2D eigenvalue weighted by atomic mass is 14.9. The van der Waals surface area contributed by atoms with Gasteiger partial charge in [-0.3, -0.25) is 4.98 Å². The Morgan fingerprint density at radius 1 is 1.20 bits per heavy atom. The first-order valence-corrected chi connectivity index (χ1v) is 7.81. The van der Waals surface area contributed by atoms with Gasteiger partial charge in [0.25, 0.3) is 0 Å². The van der Waals surface area contributed by atoms with Crippen LogP contribution in [0.4, 0.5) is 0 Å². The number of benzene rings is 1. The molecule has 2 heteroatoms. The molecule has 2 nitrogen and oxygen atoms in total. The van der Waals surface area contributed by atoms with Gasteiger partial charge < -0.3 is 5.32 Å². The summed E-state index contributed by atoms with van der Waals surface area (Å²) in [5.74, 6) is 1.37. The van der Waals surface area contributed by atoms with Gasteiger partial charge in [0, 0.05) is 17.8 Å². The van der Waals surface area contributed by atoms with E-state index < -0.39 is 0 Å². The van der Waals surface area contributed by atoms with Crippen LogP contribution in [0.3, 0.4) is 0 Å². The molecule has 0 spiro atoms. The lowest BCUT2D eigenvalue weighted by atomic mass is 9.89. The second-order valence-corrected chi connectivity index (χ2v) is 6.34. The number of hydrogen-bond donors (Lipinski definition) is 1. The van der Waals surface area contributed by atoms with Crippen molar-refractivity contribution < 1.29 is 0 Å². The summed E-state index contributed by atoms with van der Waals surface area (Å²) in [6, 6.07) is 6.95. The molecule has 1 saturated heterocycles. The number of hydrogen-bond acceptors (Lipinski definition) is 2. The zero-order valence-electron chi connectivity index (χ0n) is 12.5. The van der Waals surface area contributed by atoms with E-state index >= 15 is 0 Å². The minimum Gasteiger partial charge on any atom is -0.317 e. The fourth-order valence-electron chi connectivity index (χ4n) is 3.26. The Morgan fingerprint density at radius 2 is 2.00 bits per heavy atom. The van der Waals surface area contributed by atoms with Crippen LogP contribution in [0.15, 0.2) is 30.6 Å². The van der Waals surface area contributed by atoms with Crippen LogP contribution in [0.2, 0.25) is 0 Å². The fraction of sp³-hybridized carbons (Fsp3) is 0.500. The lowest BCUT2D eigenvalue weighted by Crippen LogP contribution is -2.28. The molecule has 0 saturated carbocycles. The van der Waals surface area contributed by atoms with Crippen LogP contribution in [-0.2, 0) is 6.42 Å². The highest BCUT2D eigenvalue weighted by Gasteiger charge is 2.14. The van der Waals surface area contributed by atoms with Crippen LogP contribution >= 0.6 is 0 Å². The van der Waals surface area contributed by atoms with Crippen molar-refractivity contribution in [1.82, 2.24) is 10.3 Å². The molecule has 0 unspecified atom stereocenters. The van der Waals surface area contributed by atoms with E-state index in [2.05, 4.69) is 42.3 Å². The molecule has 1 aliphatic rings. The van der Waals surface area contributed by atoms with Crippen molar-refractivity contribution in [3.05, 3.63) is 41.7 Å². The second-order valence-electron chi connectivity index (χ2n) is 6.34. The minimum atomic E-state index is 0.529. The Bertz CT molecular complexity index is 583. The predicted octanol–water partition coefficient (Wildman–Crippen LogP) is 3.90. The summed E-state index contributed by atoms with van der Waals surface area (Å²) < 4.78 is 0. The average Bonchev–Trinajstić information content (AvgIpc) is 2.47. The van der Waals surface area contributed by atoms with Crippen LogP contribution < -0.4 is 5.32 Å². The van der Waals surface area contributed by atoms with Gasteiger partial charge in [0.2, 0.25) is 0 Å². The van der Waals surface area contributed by atoms with Gasteiger partial charge in [0.15, 0.2) is 0 Å². The van der Waals surface area contributed by atoms with Crippen molar-refractivity contribution in [1.29, 1.82) is 0 Å². The van der Waals surface area contributed by atoms with Crippen LogP contribution in [0.25, 0.3) is 10.8 Å². The van der Waals surface area contributed by atoms with Gasteiger partial charge in [-0.2, -0.15) is 0 Å². The number of nitrogens with zero attached hydrogens (tertiary/aromatic N) is 1.